The van der Waals surface area contributed by atoms with Gasteiger partial charge in [-0.1, -0.05) is 17.7 Å². The normalized spacial score (nSPS) is 10.4. The van der Waals surface area contributed by atoms with Gasteiger partial charge in [0.15, 0.2) is 5.78 Å². The molecule has 0 saturated heterocycles. The lowest BCUT2D eigenvalue weighted by Crippen LogP contribution is -2.04. The highest BCUT2D eigenvalue weighted by Gasteiger charge is 2.13. The van der Waals surface area contributed by atoms with E-state index >= 15 is 0 Å². The Balaban J connectivity index is 2.38. The second-order valence-electron chi connectivity index (χ2n) is 4.73. The maximum atomic E-state index is 12.6. The van der Waals surface area contributed by atoms with E-state index in [0.717, 1.165) is 26.9 Å². The van der Waals surface area contributed by atoms with E-state index < -0.39 is 0 Å². The van der Waals surface area contributed by atoms with Crippen LogP contribution in [0.4, 0.5) is 0 Å². The Kier molecular flexibility index (Phi) is 4.61. The molecule has 0 spiro atoms. The third kappa shape index (κ3) is 3.10. The molecule has 0 amide bonds. The minimum absolute atomic E-state index is 0.0370. The van der Waals surface area contributed by atoms with Crippen LogP contribution in [0.15, 0.2) is 40.9 Å². The number of rotatable bonds is 4. The Morgan fingerprint density at radius 2 is 1.90 bits per heavy atom. The van der Waals surface area contributed by atoms with Gasteiger partial charge in [0.2, 0.25) is 0 Å². The van der Waals surface area contributed by atoms with Crippen LogP contribution in [0, 0.1) is 13.8 Å². The van der Waals surface area contributed by atoms with Crippen molar-refractivity contribution < 1.29 is 9.53 Å². The summed E-state index contributed by atoms with van der Waals surface area (Å²) in [4.78, 5) is 12.6. The highest BCUT2D eigenvalue weighted by molar-refractivity contribution is 9.10. The number of carbonyl (C=O) groups excluding carboxylic acids is 1. The van der Waals surface area contributed by atoms with Gasteiger partial charge in [0.05, 0.1) is 11.1 Å². The first-order valence-electron chi connectivity index (χ1n) is 6.57. The van der Waals surface area contributed by atoms with Crippen molar-refractivity contribution in [3.05, 3.63) is 63.1 Å². The van der Waals surface area contributed by atoms with E-state index in [2.05, 4.69) is 15.9 Å². The molecule has 0 atom stereocenters. The van der Waals surface area contributed by atoms with Crippen LogP contribution in [0.1, 0.15) is 34.0 Å². The van der Waals surface area contributed by atoms with Crippen LogP contribution in [0.5, 0.6) is 5.75 Å². The molecule has 3 heteroatoms. The molecule has 0 unspecified atom stereocenters. The van der Waals surface area contributed by atoms with Gasteiger partial charge in [0.1, 0.15) is 5.75 Å². The number of carbonyl (C=O) groups is 1. The highest BCUT2D eigenvalue weighted by Crippen LogP contribution is 2.27. The van der Waals surface area contributed by atoms with Gasteiger partial charge in [0.25, 0.3) is 0 Å². The molecule has 0 radical (unpaired) electrons. The number of ether oxygens (including phenoxy) is 1. The first-order chi connectivity index (χ1) is 9.52. The van der Waals surface area contributed by atoms with E-state index in [-0.39, 0.29) is 5.78 Å². The Bertz CT molecular complexity index is 647. The summed E-state index contributed by atoms with van der Waals surface area (Å²) in [5, 5.41) is 0. The molecule has 0 aliphatic rings. The number of ketones is 1. The molecule has 0 N–H and O–H groups in total. The predicted molar refractivity (Wildman–Crippen MR) is 84.7 cm³/mol. The van der Waals surface area contributed by atoms with Gasteiger partial charge in [-0.25, -0.2) is 0 Å². The topological polar surface area (TPSA) is 26.3 Å². The Morgan fingerprint density at radius 3 is 2.55 bits per heavy atom. The summed E-state index contributed by atoms with van der Waals surface area (Å²) in [5.41, 5.74) is 3.49. The zero-order chi connectivity index (χ0) is 14.7. The fraction of sp³-hybridized carbons (Fsp3) is 0.235. The van der Waals surface area contributed by atoms with Crippen LogP contribution in [-0.2, 0) is 0 Å². The van der Waals surface area contributed by atoms with Crippen molar-refractivity contribution in [1.82, 2.24) is 0 Å². The summed E-state index contributed by atoms with van der Waals surface area (Å²) < 4.78 is 6.26. The molecule has 0 saturated carbocycles. The zero-order valence-electron chi connectivity index (χ0n) is 11.9. The lowest BCUT2D eigenvalue weighted by Gasteiger charge is -2.09. The molecule has 2 aromatic carbocycles. The van der Waals surface area contributed by atoms with E-state index in [9.17, 15) is 4.79 Å². The van der Waals surface area contributed by atoms with Gasteiger partial charge in [0, 0.05) is 11.1 Å². The lowest BCUT2D eigenvalue weighted by molar-refractivity contribution is 0.103. The summed E-state index contributed by atoms with van der Waals surface area (Å²) in [6, 6.07) is 11.4. The molecule has 0 bridgehead atoms. The number of hydrogen-bond acceptors (Lipinski definition) is 2. The quantitative estimate of drug-likeness (QED) is 0.759. The largest absolute Gasteiger partial charge is 0.493 e. The zero-order valence-corrected chi connectivity index (χ0v) is 13.5. The number of halogens is 1. The van der Waals surface area contributed by atoms with Crippen molar-refractivity contribution in [3.8, 4) is 5.75 Å². The lowest BCUT2D eigenvalue weighted by atomic mass is 9.97. The molecular formula is C17H17BrO2. The average molecular weight is 333 g/mol. The molecule has 0 heterocycles. The standard InChI is InChI=1S/C17H17BrO2/c1-4-20-16-8-7-13(10-15(16)18)17(19)14-9-11(2)5-6-12(14)3/h5-10H,4H2,1-3H3. The fourth-order valence-corrected chi connectivity index (χ4v) is 2.54. The average Bonchev–Trinajstić information content (AvgIpc) is 2.43. The monoisotopic (exact) mass is 332 g/mol. The molecule has 2 nitrogen and oxygen atoms in total. The SMILES string of the molecule is CCOc1ccc(C(=O)c2cc(C)ccc2C)cc1Br. The van der Waals surface area contributed by atoms with Crippen LogP contribution < -0.4 is 4.74 Å². The molecular weight excluding hydrogens is 316 g/mol. The Morgan fingerprint density at radius 1 is 1.15 bits per heavy atom. The van der Waals surface area contributed by atoms with Crippen molar-refractivity contribution in [2.45, 2.75) is 20.8 Å². The van der Waals surface area contributed by atoms with E-state index in [1.807, 2.05) is 51.1 Å². The van der Waals surface area contributed by atoms with Crippen LogP contribution in [-0.4, -0.2) is 12.4 Å². The number of benzene rings is 2. The van der Waals surface area contributed by atoms with E-state index in [1.165, 1.54) is 0 Å². The number of hydrogen-bond donors (Lipinski definition) is 0. The maximum Gasteiger partial charge on any atom is 0.193 e. The van der Waals surface area contributed by atoms with Crippen molar-refractivity contribution in [3.63, 3.8) is 0 Å². The van der Waals surface area contributed by atoms with Gasteiger partial charge >= 0.3 is 0 Å². The molecule has 104 valence electrons. The summed E-state index contributed by atoms with van der Waals surface area (Å²) in [6.07, 6.45) is 0. The summed E-state index contributed by atoms with van der Waals surface area (Å²) in [5.74, 6) is 0.792. The summed E-state index contributed by atoms with van der Waals surface area (Å²) >= 11 is 3.44. The van der Waals surface area contributed by atoms with Crippen molar-refractivity contribution in [1.29, 1.82) is 0 Å². The van der Waals surface area contributed by atoms with Gasteiger partial charge in [-0.3, -0.25) is 4.79 Å². The van der Waals surface area contributed by atoms with Gasteiger partial charge in [-0.05, 0) is 66.5 Å². The van der Waals surface area contributed by atoms with Crippen LogP contribution in [0.3, 0.4) is 0 Å². The molecule has 0 aliphatic carbocycles. The van der Waals surface area contributed by atoms with Crippen LogP contribution in [0.25, 0.3) is 0 Å². The minimum Gasteiger partial charge on any atom is -0.493 e. The second-order valence-corrected chi connectivity index (χ2v) is 5.58. The van der Waals surface area contributed by atoms with E-state index in [0.29, 0.717) is 12.2 Å². The molecule has 2 aromatic rings. The molecule has 0 aliphatic heterocycles. The highest BCUT2D eigenvalue weighted by atomic mass is 79.9. The predicted octanol–water partition coefficient (Wildman–Crippen LogP) is 4.70. The maximum absolute atomic E-state index is 12.6. The molecule has 2 rings (SSSR count). The summed E-state index contributed by atoms with van der Waals surface area (Å²) in [6.45, 7) is 6.48. The first-order valence-corrected chi connectivity index (χ1v) is 7.36. The minimum atomic E-state index is 0.0370. The first kappa shape index (κ1) is 14.8. The third-order valence-corrected chi connectivity index (χ3v) is 3.75. The second kappa shape index (κ2) is 6.23. The van der Waals surface area contributed by atoms with Crippen LogP contribution in [0.2, 0.25) is 0 Å². The van der Waals surface area contributed by atoms with Gasteiger partial charge in [-0.15, -0.1) is 0 Å². The molecule has 0 aromatic heterocycles. The molecule has 0 fully saturated rings. The third-order valence-electron chi connectivity index (χ3n) is 3.13. The Labute approximate surface area is 127 Å². The van der Waals surface area contributed by atoms with E-state index in [1.54, 1.807) is 6.07 Å². The fourth-order valence-electron chi connectivity index (χ4n) is 2.05. The van der Waals surface area contributed by atoms with Crippen molar-refractivity contribution in [2.75, 3.05) is 6.61 Å². The summed E-state index contributed by atoms with van der Waals surface area (Å²) in [7, 11) is 0. The van der Waals surface area contributed by atoms with Gasteiger partial charge in [-0.2, -0.15) is 0 Å². The molecule has 20 heavy (non-hydrogen) atoms. The van der Waals surface area contributed by atoms with Gasteiger partial charge < -0.3 is 4.74 Å². The van der Waals surface area contributed by atoms with Crippen molar-refractivity contribution in [2.24, 2.45) is 0 Å². The number of aryl methyl sites for hydroxylation is 2. The Hall–Kier alpha value is -1.61. The smallest absolute Gasteiger partial charge is 0.193 e. The van der Waals surface area contributed by atoms with E-state index in [4.69, 9.17) is 4.74 Å². The van der Waals surface area contributed by atoms with Crippen LogP contribution >= 0.6 is 15.9 Å². The van der Waals surface area contributed by atoms with Crippen molar-refractivity contribution >= 4 is 21.7 Å².